The minimum Gasteiger partial charge on any atom is -0.468 e. The van der Waals surface area contributed by atoms with Gasteiger partial charge < -0.3 is 10.1 Å². The topological polar surface area (TPSA) is 41.6 Å². The van der Waals surface area contributed by atoms with Gasteiger partial charge in [-0.1, -0.05) is 24.1 Å². The number of terminal acetylenes is 1. The number of fused-ring (bicyclic) bond motifs is 4. The van der Waals surface area contributed by atoms with E-state index < -0.39 is 5.72 Å². The Morgan fingerprint density at radius 3 is 3.17 bits per heavy atom. The van der Waals surface area contributed by atoms with Crippen molar-refractivity contribution < 1.29 is 9.53 Å². The molecule has 1 aromatic rings. The molecule has 0 aliphatic carbocycles. The van der Waals surface area contributed by atoms with Gasteiger partial charge in [0.05, 0.1) is 12.6 Å². The average molecular weight is 242 g/mol. The van der Waals surface area contributed by atoms with Crippen molar-refractivity contribution in [3.8, 4) is 18.1 Å². The van der Waals surface area contributed by atoms with E-state index in [9.17, 15) is 4.79 Å². The first-order chi connectivity index (χ1) is 8.64. The summed E-state index contributed by atoms with van der Waals surface area (Å²) in [6, 6.07) is 7.62. The van der Waals surface area contributed by atoms with Gasteiger partial charge in [-0.3, -0.25) is 4.90 Å². The molecule has 0 aromatic heterocycles. The lowest BCUT2D eigenvalue weighted by molar-refractivity contribution is -0.0779. The fourth-order valence-electron chi connectivity index (χ4n) is 2.69. The largest absolute Gasteiger partial charge is 0.468 e. The van der Waals surface area contributed by atoms with Crippen LogP contribution >= 0.6 is 0 Å². The Balaban J connectivity index is 2.05. The van der Waals surface area contributed by atoms with Gasteiger partial charge in [0.15, 0.2) is 5.72 Å². The minimum absolute atomic E-state index is 0.00137. The molecule has 0 saturated carbocycles. The molecule has 1 saturated heterocycles. The number of nitrogens with zero attached hydrogens (tertiary/aromatic N) is 1. The highest BCUT2D eigenvalue weighted by Crippen LogP contribution is 2.43. The summed E-state index contributed by atoms with van der Waals surface area (Å²) >= 11 is 0. The van der Waals surface area contributed by atoms with Crippen LogP contribution in [0.4, 0.5) is 4.79 Å². The van der Waals surface area contributed by atoms with Crippen molar-refractivity contribution in [2.45, 2.75) is 25.1 Å². The van der Waals surface area contributed by atoms with Crippen LogP contribution in [-0.2, 0) is 0 Å². The molecule has 2 atom stereocenters. The maximum Gasteiger partial charge on any atom is 0.321 e. The summed E-state index contributed by atoms with van der Waals surface area (Å²) in [6.45, 7) is 2.16. The van der Waals surface area contributed by atoms with Crippen LogP contribution in [0.5, 0.6) is 5.75 Å². The summed E-state index contributed by atoms with van der Waals surface area (Å²) in [5, 5.41) is 2.98. The number of nitrogens with one attached hydrogen (secondary N) is 1. The number of carbonyl (C=O) groups excluding carboxylic acids is 1. The van der Waals surface area contributed by atoms with Crippen molar-refractivity contribution in [2.75, 3.05) is 6.54 Å². The smallest absolute Gasteiger partial charge is 0.321 e. The first-order valence-electron chi connectivity index (χ1n) is 5.93. The summed E-state index contributed by atoms with van der Waals surface area (Å²) in [5.74, 6) is 3.32. The van der Waals surface area contributed by atoms with Crippen molar-refractivity contribution in [1.29, 1.82) is 0 Å². The zero-order chi connectivity index (χ0) is 12.8. The van der Waals surface area contributed by atoms with Gasteiger partial charge in [0, 0.05) is 12.0 Å². The summed E-state index contributed by atoms with van der Waals surface area (Å²) in [5.41, 5.74) is 0.372. The Labute approximate surface area is 106 Å². The van der Waals surface area contributed by atoms with Gasteiger partial charge in [0.1, 0.15) is 5.75 Å². The van der Waals surface area contributed by atoms with E-state index in [1.165, 1.54) is 0 Å². The number of para-hydroxylation sites is 1. The Morgan fingerprint density at radius 2 is 2.39 bits per heavy atom. The third kappa shape index (κ3) is 1.44. The number of hydrogen-bond acceptors (Lipinski definition) is 2. The fourth-order valence-corrected chi connectivity index (χ4v) is 2.69. The zero-order valence-corrected chi connectivity index (χ0v) is 10.1. The molecule has 18 heavy (non-hydrogen) atoms. The van der Waals surface area contributed by atoms with E-state index in [0.29, 0.717) is 6.42 Å². The molecule has 2 aliphatic rings. The Hall–Kier alpha value is -2.15. The highest BCUT2D eigenvalue weighted by molar-refractivity contribution is 5.77. The molecule has 2 aliphatic heterocycles. The van der Waals surface area contributed by atoms with Crippen molar-refractivity contribution in [3.05, 3.63) is 29.8 Å². The molecule has 92 valence electrons. The van der Waals surface area contributed by atoms with Crippen molar-refractivity contribution >= 4 is 6.03 Å². The molecular weight excluding hydrogens is 228 g/mol. The van der Waals surface area contributed by atoms with E-state index in [1.807, 2.05) is 31.2 Å². The lowest BCUT2D eigenvalue weighted by atomic mass is 9.90. The SMILES string of the molecule is C#CCN1C(=O)NC2CC1(C)Oc1ccccc12. The van der Waals surface area contributed by atoms with Crippen LogP contribution < -0.4 is 10.1 Å². The Morgan fingerprint density at radius 1 is 1.61 bits per heavy atom. The van der Waals surface area contributed by atoms with E-state index in [1.54, 1.807) is 4.90 Å². The molecule has 0 spiro atoms. The van der Waals surface area contributed by atoms with Gasteiger partial charge in [-0.25, -0.2) is 4.79 Å². The van der Waals surface area contributed by atoms with E-state index >= 15 is 0 Å². The lowest BCUT2D eigenvalue weighted by Crippen LogP contribution is -2.64. The third-order valence-electron chi connectivity index (χ3n) is 3.57. The first-order valence-corrected chi connectivity index (χ1v) is 5.93. The van der Waals surface area contributed by atoms with Crippen LogP contribution in [0.3, 0.4) is 0 Å². The highest BCUT2D eigenvalue weighted by atomic mass is 16.5. The average Bonchev–Trinajstić information content (AvgIpc) is 2.34. The molecule has 1 N–H and O–H groups in total. The Bertz CT molecular complexity index is 549. The van der Waals surface area contributed by atoms with Crippen LogP contribution in [0.1, 0.15) is 24.9 Å². The number of carbonyl (C=O) groups is 1. The number of rotatable bonds is 1. The third-order valence-corrected chi connectivity index (χ3v) is 3.57. The second-order valence-electron chi connectivity index (χ2n) is 4.81. The maximum atomic E-state index is 12.1. The van der Waals surface area contributed by atoms with E-state index in [0.717, 1.165) is 11.3 Å². The number of amides is 2. The quantitative estimate of drug-likeness (QED) is 0.764. The summed E-state index contributed by atoms with van der Waals surface area (Å²) in [7, 11) is 0. The van der Waals surface area contributed by atoms with Gasteiger partial charge in [-0.2, -0.15) is 0 Å². The highest BCUT2D eigenvalue weighted by Gasteiger charge is 2.48. The van der Waals surface area contributed by atoms with E-state index in [2.05, 4.69) is 11.2 Å². The predicted molar refractivity (Wildman–Crippen MR) is 66.9 cm³/mol. The zero-order valence-electron chi connectivity index (χ0n) is 10.1. The second-order valence-corrected chi connectivity index (χ2v) is 4.81. The molecule has 0 radical (unpaired) electrons. The van der Waals surface area contributed by atoms with Crippen LogP contribution in [0.25, 0.3) is 0 Å². The molecular formula is C14H14N2O2. The van der Waals surface area contributed by atoms with Gasteiger partial charge in [0.2, 0.25) is 0 Å². The molecule has 4 nitrogen and oxygen atoms in total. The molecule has 3 rings (SSSR count). The van der Waals surface area contributed by atoms with Gasteiger partial charge in [-0.15, -0.1) is 6.42 Å². The van der Waals surface area contributed by atoms with Crippen molar-refractivity contribution in [2.24, 2.45) is 0 Å². The fraction of sp³-hybridized carbons (Fsp3) is 0.357. The van der Waals surface area contributed by atoms with Gasteiger partial charge in [-0.05, 0) is 13.0 Å². The standard InChI is InChI=1S/C14H14N2O2/c1-3-8-16-13(17)15-11-9-14(16,2)18-12-7-5-4-6-10(11)12/h1,4-7,11H,8-9H2,2H3,(H,15,17). The van der Waals surface area contributed by atoms with Crippen LogP contribution in [0.15, 0.2) is 24.3 Å². The van der Waals surface area contributed by atoms with Crippen LogP contribution in [-0.4, -0.2) is 23.2 Å². The van der Waals surface area contributed by atoms with E-state index in [4.69, 9.17) is 11.2 Å². The second kappa shape index (κ2) is 3.67. The summed E-state index contributed by atoms with van der Waals surface area (Å²) < 4.78 is 6.00. The van der Waals surface area contributed by atoms with E-state index in [-0.39, 0.29) is 18.6 Å². The number of benzene rings is 1. The summed E-state index contributed by atoms with van der Waals surface area (Å²) in [6.07, 6.45) is 6.02. The number of urea groups is 1. The van der Waals surface area contributed by atoms with Crippen molar-refractivity contribution in [1.82, 2.24) is 10.2 Å². The molecule has 2 bridgehead atoms. The molecule has 2 heterocycles. The van der Waals surface area contributed by atoms with Gasteiger partial charge >= 0.3 is 6.03 Å². The molecule has 2 unspecified atom stereocenters. The molecule has 4 heteroatoms. The first kappa shape index (κ1) is 11.0. The number of hydrogen-bond donors (Lipinski definition) is 1. The number of ether oxygens (including phenoxy) is 1. The monoisotopic (exact) mass is 242 g/mol. The molecule has 1 aromatic carbocycles. The van der Waals surface area contributed by atoms with Crippen LogP contribution in [0, 0.1) is 12.3 Å². The predicted octanol–water partition coefficient (Wildman–Crippen LogP) is 1.88. The summed E-state index contributed by atoms with van der Waals surface area (Å²) in [4.78, 5) is 13.6. The normalized spacial score (nSPS) is 28.8. The molecule has 2 amide bonds. The minimum atomic E-state index is -0.659. The maximum absolute atomic E-state index is 12.1. The Kier molecular flexibility index (Phi) is 2.24. The van der Waals surface area contributed by atoms with Gasteiger partial charge in [0.25, 0.3) is 0 Å². The molecule has 1 fully saturated rings. The van der Waals surface area contributed by atoms with Crippen molar-refractivity contribution in [3.63, 3.8) is 0 Å². The lowest BCUT2D eigenvalue weighted by Gasteiger charge is -2.50. The van der Waals surface area contributed by atoms with Crippen LogP contribution in [0.2, 0.25) is 0 Å².